The number of nitrogens with zero attached hydrogens (tertiary/aromatic N) is 3. The van der Waals surface area contributed by atoms with E-state index in [9.17, 15) is 4.79 Å². The molecule has 2 aromatic heterocycles. The van der Waals surface area contributed by atoms with Crippen LogP contribution < -0.4 is 11.1 Å². The standard InChI is InChI=1S/C15H18N5O/c16-15-12(4-2-8-18-15)14(21)13-6-10-20(19-13)11-3-1-7-17-9-5-11/h2,4,6,8,10-11,16-17H,1,3,5,7,9H2. The molecule has 0 aliphatic carbocycles. The molecule has 2 N–H and O–H groups in total. The molecule has 0 bridgehead atoms. The third kappa shape index (κ3) is 2.95. The van der Waals surface area contributed by atoms with Crippen molar-refractivity contribution in [1.29, 1.82) is 0 Å². The first kappa shape index (κ1) is 13.8. The Balaban J connectivity index is 1.81. The Bertz CT molecular complexity index is 628. The number of hydrogen-bond acceptors (Lipinski definition) is 4. The van der Waals surface area contributed by atoms with Crippen LogP contribution in [0.3, 0.4) is 0 Å². The van der Waals surface area contributed by atoms with Gasteiger partial charge in [0.2, 0.25) is 5.78 Å². The second kappa shape index (κ2) is 6.05. The van der Waals surface area contributed by atoms with Crippen molar-refractivity contribution in [3.05, 3.63) is 41.9 Å². The van der Waals surface area contributed by atoms with Crippen LogP contribution in [0.2, 0.25) is 0 Å². The molecule has 0 saturated carbocycles. The number of carbonyl (C=O) groups is 1. The first-order chi connectivity index (χ1) is 10.3. The SMILES string of the molecule is [NH]c1ncccc1C(=O)c1ccn(C2CCCNCC2)n1. The number of rotatable bonds is 3. The number of hydrogen-bond donors (Lipinski definition) is 1. The summed E-state index contributed by atoms with van der Waals surface area (Å²) in [5.74, 6) is -0.241. The van der Waals surface area contributed by atoms with Crippen molar-refractivity contribution in [2.75, 3.05) is 13.1 Å². The van der Waals surface area contributed by atoms with Crippen LogP contribution in [0.4, 0.5) is 5.82 Å². The highest BCUT2D eigenvalue weighted by Crippen LogP contribution is 2.20. The van der Waals surface area contributed by atoms with E-state index in [2.05, 4.69) is 15.4 Å². The number of carbonyl (C=O) groups excluding carboxylic acids is 1. The van der Waals surface area contributed by atoms with Gasteiger partial charge in [-0.15, -0.1) is 0 Å². The maximum Gasteiger partial charge on any atom is 0.216 e. The topological polar surface area (TPSA) is 83.6 Å². The van der Waals surface area contributed by atoms with E-state index in [4.69, 9.17) is 5.73 Å². The van der Waals surface area contributed by atoms with Crippen molar-refractivity contribution in [3.63, 3.8) is 0 Å². The fourth-order valence-electron chi connectivity index (χ4n) is 2.65. The van der Waals surface area contributed by atoms with Gasteiger partial charge in [-0.3, -0.25) is 15.2 Å². The fourth-order valence-corrected chi connectivity index (χ4v) is 2.65. The van der Waals surface area contributed by atoms with E-state index >= 15 is 0 Å². The zero-order valence-electron chi connectivity index (χ0n) is 11.7. The highest BCUT2D eigenvalue weighted by molar-refractivity contribution is 6.10. The average molecular weight is 284 g/mol. The molecule has 21 heavy (non-hydrogen) atoms. The summed E-state index contributed by atoms with van der Waals surface area (Å²) in [5.41, 5.74) is 8.39. The predicted octanol–water partition coefficient (Wildman–Crippen LogP) is 1.74. The van der Waals surface area contributed by atoms with E-state index in [0.717, 1.165) is 32.4 Å². The first-order valence-corrected chi connectivity index (χ1v) is 7.23. The second-order valence-electron chi connectivity index (χ2n) is 5.24. The molecule has 1 radical (unpaired) electrons. The van der Waals surface area contributed by atoms with Crippen molar-refractivity contribution in [2.45, 2.75) is 25.3 Å². The van der Waals surface area contributed by atoms with E-state index in [1.165, 1.54) is 6.20 Å². The normalized spacial score (nSPS) is 19.1. The molecule has 1 saturated heterocycles. The van der Waals surface area contributed by atoms with E-state index in [-0.39, 0.29) is 11.6 Å². The lowest BCUT2D eigenvalue weighted by Gasteiger charge is -2.13. The number of ketones is 1. The van der Waals surface area contributed by atoms with Crippen molar-refractivity contribution in [3.8, 4) is 0 Å². The molecule has 6 heteroatoms. The molecule has 1 unspecified atom stereocenters. The Morgan fingerprint density at radius 3 is 3.10 bits per heavy atom. The van der Waals surface area contributed by atoms with Gasteiger partial charge in [-0.2, -0.15) is 5.10 Å². The lowest BCUT2D eigenvalue weighted by molar-refractivity contribution is 0.103. The minimum Gasteiger partial charge on any atom is -0.317 e. The van der Waals surface area contributed by atoms with Crippen LogP contribution in [0, 0.1) is 0 Å². The lowest BCUT2D eigenvalue weighted by Crippen LogP contribution is -2.16. The average Bonchev–Trinajstić information content (AvgIpc) is 2.83. The van der Waals surface area contributed by atoms with Gasteiger partial charge in [-0.05, 0) is 50.6 Å². The molecule has 6 nitrogen and oxygen atoms in total. The van der Waals surface area contributed by atoms with Crippen molar-refractivity contribution in [2.24, 2.45) is 0 Å². The molecule has 0 amide bonds. The Hall–Kier alpha value is -2.21. The fraction of sp³-hybridized carbons (Fsp3) is 0.400. The van der Waals surface area contributed by atoms with E-state index in [0.29, 0.717) is 17.3 Å². The maximum atomic E-state index is 12.4. The van der Waals surface area contributed by atoms with Gasteiger partial charge in [-0.25, -0.2) is 4.98 Å². The Kier molecular flexibility index (Phi) is 3.96. The lowest BCUT2D eigenvalue weighted by atomic mass is 10.1. The smallest absolute Gasteiger partial charge is 0.216 e. The molecule has 1 aliphatic rings. The van der Waals surface area contributed by atoms with Crippen molar-refractivity contribution < 1.29 is 4.79 Å². The summed E-state index contributed by atoms with van der Waals surface area (Å²) >= 11 is 0. The molecular formula is C15H18N5O. The summed E-state index contributed by atoms with van der Waals surface area (Å²) in [6, 6.07) is 5.35. The van der Waals surface area contributed by atoms with Gasteiger partial charge in [0.05, 0.1) is 11.6 Å². The number of aromatic nitrogens is 3. The molecule has 109 valence electrons. The van der Waals surface area contributed by atoms with Crippen molar-refractivity contribution in [1.82, 2.24) is 25.8 Å². The van der Waals surface area contributed by atoms with Crippen LogP contribution in [0.5, 0.6) is 0 Å². The summed E-state index contributed by atoms with van der Waals surface area (Å²) in [5, 5.41) is 7.79. The third-order valence-corrected chi connectivity index (χ3v) is 3.81. The minimum atomic E-state index is -0.237. The maximum absolute atomic E-state index is 12.4. The molecule has 0 spiro atoms. The predicted molar refractivity (Wildman–Crippen MR) is 78.4 cm³/mol. The molecule has 3 rings (SSSR count). The molecule has 1 fully saturated rings. The number of nitrogens with one attached hydrogen (secondary N) is 2. The second-order valence-corrected chi connectivity index (χ2v) is 5.24. The molecule has 1 atom stereocenters. The molecule has 3 heterocycles. The zero-order valence-corrected chi connectivity index (χ0v) is 11.7. The van der Waals surface area contributed by atoms with Crippen LogP contribution in [0.1, 0.15) is 41.4 Å². The summed E-state index contributed by atoms with van der Waals surface area (Å²) in [6.07, 6.45) is 6.58. The van der Waals surface area contributed by atoms with Gasteiger partial charge in [0.1, 0.15) is 5.69 Å². The van der Waals surface area contributed by atoms with E-state index in [1.54, 1.807) is 18.2 Å². The van der Waals surface area contributed by atoms with Gasteiger partial charge >= 0.3 is 0 Å². The zero-order chi connectivity index (χ0) is 14.7. The quantitative estimate of drug-likeness (QED) is 0.870. The first-order valence-electron chi connectivity index (χ1n) is 7.23. The van der Waals surface area contributed by atoms with Crippen molar-refractivity contribution >= 4 is 11.6 Å². The largest absolute Gasteiger partial charge is 0.317 e. The summed E-state index contributed by atoms with van der Waals surface area (Å²) in [6.45, 7) is 2.02. The van der Waals surface area contributed by atoms with E-state index in [1.807, 2.05) is 10.9 Å². The third-order valence-electron chi connectivity index (χ3n) is 3.81. The monoisotopic (exact) mass is 284 g/mol. The summed E-state index contributed by atoms with van der Waals surface area (Å²) < 4.78 is 1.89. The van der Waals surface area contributed by atoms with Crippen LogP contribution >= 0.6 is 0 Å². The highest BCUT2D eigenvalue weighted by atomic mass is 16.1. The molecular weight excluding hydrogens is 266 g/mol. The van der Waals surface area contributed by atoms with Gasteiger partial charge in [0, 0.05) is 12.4 Å². The summed E-state index contributed by atoms with van der Waals surface area (Å²) in [4.78, 5) is 16.2. The highest BCUT2D eigenvalue weighted by Gasteiger charge is 2.19. The Morgan fingerprint density at radius 2 is 2.24 bits per heavy atom. The molecule has 2 aromatic rings. The van der Waals surface area contributed by atoms with Gasteiger partial charge in [-0.1, -0.05) is 0 Å². The molecule has 0 aromatic carbocycles. The van der Waals surface area contributed by atoms with Crippen LogP contribution in [0.15, 0.2) is 30.6 Å². The Labute approximate surface area is 123 Å². The van der Waals surface area contributed by atoms with Gasteiger partial charge in [0.15, 0.2) is 5.82 Å². The minimum absolute atomic E-state index is 0.00397. The molecule has 1 aliphatic heterocycles. The van der Waals surface area contributed by atoms with Crippen LogP contribution in [-0.2, 0) is 0 Å². The van der Waals surface area contributed by atoms with Gasteiger partial charge < -0.3 is 5.32 Å². The van der Waals surface area contributed by atoms with Crippen LogP contribution in [0.25, 0.3) is 0 Å². The Morgan fingerprint density at radius 1 is 1.33 bits per heavy atom. The van der Waals surface area contributed by atoms with Crippen LogP contribution in [-0.4, -0.2) is 33.6 Å². The summed E-state index contributed by atoms with van der Waals surface area (Å²) in [7, 11) is 0. The van der Waals surface area contributed by atoms with Gasteiger partial charge in [0.25, 0.3) is 0 Å². The number of pyridine rings is 1. The van der Waals surface area contributed by atoms with E-state index < -0.39 is 0 Å².